The van der Waals surface area contributed by atoms with Gasteiger partial charge in [0.15, 0.2) is 0 Å². The smallest absolute Gasteiger partial charge is 0.249 e. The highest BCUT2D eigenvalue weighted by Gasteiger charge is 2.39. The fraction of sp³-hybridized carbons (Fsp3) is 0.652. The summed E-state index contributed by atoms with van der Waals surface area (Å²) in [7, 11) is 0. The zero-order valence-corrected chi connectivity index (χ0v) is 17.6. The summed E-state index contributed by atoms with van der Waals surface area (Å²) in [5.74, 6) is 0.925. The van der Waals surface area contributed by atoms with Crippen LogP contribution in [0.3, 0.4) is 0 Å². The topological polar surface area (TPSA) is 138 Å². The van der Waals surface area contributed by atoms with Crippen LogP contribution in [0.5, 0.6) is 0 Å². The minimum Gasteiger partial charge on any atom is -0.366 e. The van der Waals surface area contributed by atoms with E-state index in [-0.39, 0.29) is 18.0 Å². The van der Waals surface area contributed by atoms with Gasteiger partial charge >= 0.3 is 0 Å². The first-order chi connectivity index (χ1) is 13.7. The van der Waals surface area contributed by atoms with Crippen LogP contribution in [0.4, 0.5) is 0 Å². The van der Waals surface area contributed by atoms with E-state index in [2.05, 4.69) is 13.8 Å². The molecule has 2 amide bonds. The van der Waals surface area contributed by atoms with Gasteiger partial charge in [0.2, 0.25) is 11.8 Å². The lowest BCUT2D eigenvalue weighted by Crippen LogP contribution is -2.41. The van der Waals surface area contributed by atoms with Gasteiger partial charge in [0.25, 0.3) is 0 Å². The second-order valence-corrected chi connectivity index (χ2v) is 9.48. The lowest BCUT2D eigenvalue weighted by Gasteiger charge is -2.44. The molecular formula is C23H36N4O2. The Bertz CT molecular complexity index is 739. The van der Waals surface area contributed by atoms with Crippen molar-refractivity contribution in [1.29, 1.82) is 0 Å². The number of rotatable bonds is 5. The molecule has 6 heteroatoms. The number of carbonyl (C=O) groups excluding carboxylic acids is 2. The quantitative estimate of drug-likeness (QED) is 0.603. The maximum Gasteiger partial charge on any atom is 0.249 e. The maximum absolute atomic E-state index is 12.3. The fourth-order valence-electron chi connectivity index (χ4n) is 5.68. The average molecular weight is 401 g/mol. The molecule has 2 fully saturated rings. The summed E-state index contributed by atoms with van der Waals surface area (Å²) in [4.78, 5) is 24.0. The highest BCUT2D eigenvalue weighted by atomic mass is 16.1. The van der Waals surface area contributed by atoms with Crippen molar-refractivity contribution in [3.8, 4) is 0 Å². The van der Waals surface area contributed by atoms with E-state index in [0.29, 0.717) is 34.8 Å². The Hall–Kier alpha value is -1.92. The zero-order chi connectivity index (χ0) is 21.3. The van der Waals surface area contributed by atoms with Crippen LogP contribution in [-0.2, 0) is 0 Å². The Morgan fingerprint density at radius 3 is 1.79 bits per heavy atom. The third-order valence-electron chi connectivity index (χ3n) is 7.53. The van der Waals surface area contributed by atoms with E-state index >= 15 is 0 Å². The predicted octanol–water partition coefficient (Wildman–Crippen LogP) is 2.50. The number of benzene rings is 1. The molecule has 6 unspecified atom stereocenters. The number of primary amides is 2. The summed E-state index contributed by atoms with van der Waals surface area (Å²) in [6, 6.07) is 5.68. The molecule has 160 valence electrons. The molecule has 6 nitrogen and oxygen atoms in total. The molecule has 0 spiro atoms. The molecule has 0 aliphatic heterocycles. The van der Waals surface area contributed by atoms with E-state index in [4.69, 9.17) is 22.9 Å². The van der Waals surface area contributed by atoms with Crippen molar-refractivity contribution in [2.24, 2.45) is 46.6 Å². The van der Waals surface area contributed by atoms with E-state index in [1.807, 2.05) is 6.07 Å². The van der Waals surface area contributed by atoms with Crippen molar-refractivity contribution in [2.75, 3.05) is 0 Å². The summed E-state index contributed by atoms with van der Waals surface area (Å²) in [5.41, 5.74) is 25.5. The Morgan fingerprint density at radius 2 is 1.38 bits per heavy atom. The van der Waals surface area contributed by atoms with Gasteiger partial charge in [0.05, 0.1) is 0 Å². The third-order valence-corrected chi connectivity index (χ3v) is 7.53. The molecule has 2 saturated carbocycles. The largest absolute Gasteiger partial charge is 0.366 e. The highest BCUT2D eigenvalue weighted by molar-refractivity contribution is 5.99. The monoisotopic (exact) mass is 400 g/mol. The van der Waals surface area contributed by atoms with Gasteiger partial charge in [-0.2, -0.15) is 0 Å². The molecule has 8 N–H and O–H groups in total. The normalized spacial score (nSPS) is 33.8. The van der Waals surface area contributed by atoms with Crippen molar-refractivity contribution >= 4 is 11.8 Å². The maximum atomic E-state index is 12.3. The van der Waals surface area contributed by atoms with Gasteiger partial charge in [-0.25, -0.2) is 0 Å². The standard InChI is InChI=1S/C23H36N4O2/c1-12-9-14(4-7-19(12)24)21(15-5-8-20(25)13(2)10-15)17-6-3-16(22(26)28)11-18(17)23(27)29/h3,6,11-15,19-21H,4-5,7-10,24-25H2,1-2H3,(H2,26,28)(H2,27,29). The molecule has 1 aromatic rings. The molecule has 0 saturated heterocycles. The minimum absolute atomic E-state index is 0.212. The van der Waals surface area contributed by atoms with Crippen molar-refractivity contribution in [1.82, 2.24) is 0 Å². The predicted molar refractivity (Wildman–Crippen MR) is 115 cm³/mol. The lowest BCUT2D eigenvalue weighted by molar-refractivity contribution is 0.0993. The molecule has 6 atom stereocenters. The van der Waals surface area contributed by atoms with Gasteiger partial charge in [-0.15, -0.1) is 0 Å². The Kier molecular flexibility index (Phi) is 6.64. The number of hydrogen-bond donors (Lipinski definition) is 4. The van der Waals surface area contributed by atoms with E-state index in [9.17, 15) is 9.59 Å². The van der Waals surface area contributed by atoms with Gasteiger partial charge in [-0.3, -0.25) is 9.59 Å². The first-order valence-electron chi connectivity index (χ1n) is 10.9. The molecule has 1 aromatic carbocycles. The summed E-state index contributed by atoms with van der Waals surface area (Å²) >= 11 is 0. The molecular weight excluding hydrogens is 364 g/mol. The van der Waals surface area contributed by atoms with Gasteiger partial charge in [-0.05, 0) is 85.8 Å². The summed E-state index contributed by atoms with van der Waals surface area (Å²) in [6.07, 6.45) is 6.16. The second-order valence-electron chi connectivity index (χ2n) is 9.48. The van der Waals surface area contributed by atoms with E-state index < -0.39 is 11.8 Å². The van der Waals surface area contributed by atoms with Crippen LogP contribution in [0.25, 0.3) is 0 Å². The number of carbonyl (C=O) groups is 2. The van der Waals surface area contributed by atoms with E-state index in [0.717, 1.165) is 44.1 Å². The van der Waals surface area contributed by atoms with Crippen LogP contribution in [0.2, 0.25) is 0 Å². The van der Waals surface area contributed by atoms with Crippen LogP contribution < -0.4 is 22.9 Å². The Morgan fingerprint density at radius 1 is 0.862 bits per heavy atom. The summed E-state index contributed by atoms with van der Waals surface area (Å²) < 4.78 is 0. The van der Waals surface area contributed by atoms with Crippen molar-refractivity contribution in [3.63, 3.8) is 0 Å². The van der Waals surface area contributed by atoms with Crippen molar-refractivity contribution in [2.45, 2.75) is 70.4 Å². The molecule has 0 heterocycles. The van der Waals surface area contributed by atoms with Gasteiger partial charge < -0.3 is 22.9 Å². The van der Waals surface area contributed by atoms with Crippen LogP contribution in [0, 0.1) is 23.7 Å². The lowest BCUT2D eigenvalue weighted by atomic mass is 9.62. The zero-order valence-electron chi connectivity index (χ0n) is 17.6. The minimum atomic E-state index is -0.551. The average Bonchev–Trinajstić information content (AvgIpc) is 2.67. The van der Waals surface area contributed by atoms with Crippen LogP contribution in [0.1, 0.15) is 84.6 Å². The van der Waals surface area contributed by atoms with Gasteiger partial charge in [0.1, 0.15) is 0 Å². The van der Waals surface area contributed by atoms with Crippen molar-refractivity contribution < 1.29 is 9.59 Å². The first-order valence-corrected chi connectivity index (χ1v) is 10.9. The van der Waals surface area contributed by atoms with Gasteiger partial charge in [0, 0.05) is 23.2 Å². The number of nitrogens with two attached hydrogens (primary N) is 4. The first kappa shape index (κ1) is 21.8. The molecule has 0 radical (unpaired) electrons. The number of amides is 2. The molecule has 29 heavy (non-hydrogen) atoms. The molecule has 3 rings (SSSR count). The van der Waals surface area contributed by atoms with E-state index in [1.54, 1.807) is 12.1 Å². The summed E-state index contributed by atoms with van der Waals surface area (Å²) in [5, 5.41) is 0. The Labute approximate surface area is 173 Å². The van der Waals surface area contributed by atoms with Crippen LogP contribution in [0.15, 0.2) is 18.2 Å². The van der Waals surface area contributed by atoms with Crippen LogP contribution >= 0.6 is 0 Å². The molecule has 2 aliphatic rings. The highest BCUT2D eigenvalue weighted by Crippen LogP contribution is 2.48. The summed E-state index contributed by atoms with van der Waals surface area (Å²) in [6.45, 7) is 4.44. The molecule has 0 aromatic heterocycles. The second kappa shape index (κ2) is 8.84. The third kappa shape index (κ3) is 4.64. The SMILES string of the molecule is CC1CC(C(c2ccc(C(N)=O)cc2C(N)=O)C2CCC(N)C(C)C2)CCC1N. The van der Waals surface area contributed by atoms with Crippen LogP contribution in [-0.4, -0.2) is 23.9 Å². The van der Waals surface area contributed by atoms with E-state index in [1.165, 1.54) is 0 Å². The van der Waals surface area contributed by atoms with Crippen molar-refractivity contribution in [3.05, 3.63) is 34.9 Å². The Balaban J connectivity index is 2.03. The number of hydrogen-bond acceptors (Lipinski definition) is 4. The van der Waals surface area contributed by atoms with Gasteiger partial charge in [-0.1, -0.05) is 19.9 Å². The fourth-order valence-corrected chi connectivity index (χ4v) is 5.68. The molecule has 2 aliphatic carbocycles. The molecule has 0 bridgehead atoms.